The number of Topliss-reactive ketones (excluding diaryl/α,β-unsaturated/α-hetero) is 1. The molecule has 5 nitrogen and oxygen atoms in total. The van der Waals surface area contributed by atoms with Crippen LogP contribution >= 0.6 is 0 Å². The molecule has 5 heteroatoms. The first-order valence-corrected chi connectivity index (χ1v) is 10.8. The number of para-hydroxylation sites is 1. The van der Waals surface area contributed by atoms with Gasteiger partial charge in [-0.1, -0.05) is 38.5 Å². The van der Waals surface area contributed by atoms with Gasteiger partial charge in [-0.15, -0.1) is 0 Å². The zero-order chi connectivity index (χ0) is 20.8. The highest BCUT2D eigenvalue weighted by atomic mass is 16.5. The van der Waals surface area contributed by atoms with Crippen molar-refractivity contribution < 1.29 is 19.1 Å². The second kappa shape index (κ2) is 9.86. The summed E-state index contributed by atoms with van der Waals surface area (Å²) >= 11 is 0. The lowest BCUT2D eigenvalue weighted by molar-refractivity contribution is -0.139. The Balaban J connectivity index is 2.07. The van der Waals surface area contributed by atoms with Crippen LogP contribution < -0.4 is 4.74 Å². The van der Waals surface area contributed by atoms with Crippen LogP contribution in [-0.4, -0.2) is 30.7 Å². The quantitative estimate of drug-likeness (QED) is 0.457. The van der Waals surface area contributed by atoms with E-state index >= 15 is 0 Å². The zero-order valence-electron chi connectivity index (χ0n) is 17.7. The van der Waals surface area contributed by atoms with Gasteiger partial charge in [-0.2, -0.15) is 0 Å². The van der Waals surface area contributed by atoms with Crippen molar-refractivity contribution in [2.75, 3.05) is 13.2 Å². The van der Waals surface area contributed by atoms with Crippen LogP contribution in [0.3, 0.4) is 0 Å². The third-order valence-electron chi connectivity index (χ3n) is 5.57. The first-order chi connectivity index (χ1) is 14.1. The van der Waals surface area contributed by atoms with Gasteiger partial charge in [0.2, 0.25) is 0 Å². The summed E-state index contributed by atoms with van der Waals surface area (Å²) in [4.78, 5) is 30.7. The molecule has 1 fully saturated rings. The number of allylic oxidation sites excluding steroid dienone is 1. The summed E-state index contributed by atoms with van der Waals surface area (Å²) in [6, 6.07) is 7.74. The van der Waals surface area contributed by atoms with Crippen molar-refractivity contribution in [3.63, 3.8) is 0 Å². The molecule has 0 amide bonds. The molecule has 1 heterocycles. The lowest BCUT2D eigenvalue weighted by Gasteiger charge is -2.36. The average molecular weight is 398 g/mol. The van der Waals surface area contributed by atoms with Crippen LogP contribution in [0.1, 0.15) is 70.8 Å². The number of carbonyl (C=O) groups excluding carboxylic acids is 2. The number of ether oxygens (including phenoxy) is 2. The van der Waals surface area contributed by atoms with Crippen LogP contribution in [0.25, 0.3) is 0 Å². The third-order valence-corrected chi connectivity index (χ3v) is 5.57. The van der Waals surface area contributed by atoms with E-state index in [0.717, 1.165) is 49.1 Å². The number of aliphatic imine (C=N–C) groups is 1. The molecule has 1 aromatic rings. The van der Waals surface area contributed by atoms with Crippen molar-refractivity contribution in [3.8, 4) is 5.75 Å². The van der Waals surface area contributed by atoms with E-state index in [1.165, 1.54) is 0 Å². The normalized spacial score (nSPS) is 21.5. The van der Waals surface area contributed by atoms with Gasteiger partial charge in [0, 0.05) is 29.3 Å². The summed E-state index contributed by atoms with van der Waals surface area (Å²) in [7, 11) is 0. The Labute approximate surface area is 173 Å². The summed E-state index contributed by atoms with van der Waals surface area (Å²) in [5, 5.41) is 0. The maximum atomic E-state index is 13.1. The summed E-state index contributed by atoms with van der Waals surface area (Å²) in [6.07, 6.45) is 4.78. The molecule has 156 valence electrons. The molecule has 2 atom stereocenters. The second-order valence-corrected chi connectivity index (χ2v) is 7.75. The molecule has 0 radical (unpaired) electrons. The number of ketones is 1. The van der Waals surface area contributed by atoms with Crippen molar-refractivity contribution >= 4 is 17.5 Å². The molecule has 1 aromatic carbocycles. The van der Waals surface area contributed by atoms with E-state index in [-0.39, 0.29) is 11.8 Å². The van der Waals surface area contributed by atoms with E-state index < -0.39 is 11.8 Å². The number of nitrogens with zero attached hydrogens (tertiary/aromatic N) is 1. The van der Waals surface area contributed by atoms with Gasteiger partial charge < -0.3 is 9.47 Å². The maximum Gasteiger partial charge on any atom is 0.336 e. The van der Waals surface area contributed by atoms with E-state index in [9.17, 15) is 9.59 Å². The number of fused-ring (bicyclic) bond motifs is 1. The largest absolute Gasteiger partial charge is 0.493 e. The molecular weight excluding hydrogens is 366 g/mol. The highest BCUT2D eigenvalue weighted by Crippen LogP contribution is 2.45. The number of unbranched alkanes of at least 4 members (excludes halogenated alkanes) is 1. The SMILES string of the molecule is CCCCOC(=O)C1=C(C)N=C2CCCC(=O)C2C1c1ccccc1OCCC. The number of hydrogen-bond donors (Lipinski definition) is 0. The number of carbonyl (C=O) groups is 2. The predicted molar refractivity (Wildman–Crippen MR) is 113 cm³/mol. The number of hydrogen-bond acceptors (Lipinski definition) is 5. The van der Waals surface area contributed by atoms with Crippen LogP contribution in [0.4, 0.5) is 0 Å². The van der Waals surface area contributed by atoms with Crippen molar-refractivity contribution in [2.24, 2.45) is 10.9 Å². The van der Waals surface area contributed by atoms with Gasteiger partial charge in [-0.25, -0.2) is 4.79 Å². The topological polar surface area (TPSA) is 65.0 Å². The molecule has 2 unspecified atom stereocenters. The zero-order valence-corrected chi connectivity index (χ0v) is 17.7. The van der Waals surface area contributed by atoms with Crippen LogP contribution in [0.5, 0.6) is 5.75 Å². The van der Waals surface area contributed by atoms with Gasteiger partial charge >= 0.3 is 5.97 Å². The maximum absolute atomic E-state index is 13.1. The summed E-state index contributed by atoms with van der Waals surface area (Å²) in [6.45, 7) is 6.92. The van der Waals surface area contributed by atoms with Crippen molar-refractivity contribution in [1.29, 1.82) is 0 Å². The van der Waals surface area contributed by atoms with Gasteiger partial charge in [-0.05, 0) is 38.7 Å². The Morgan fingerprint density at radius 2 is 1.90 bits per heavy atom. The molecule has 1 saturated carbocycles. The summed E-state index contributed by atoms with van der Waals surface area (Å²) < 4.78 is 11.6. The Morgan fingerprint density at radius 1 is 1.10 bits per heavy atom. The summed E-state index contributed by atoms with van der Waals surface area (Å²) in [5.41, 5.74) is 2.91. The predicted octanol–water partition coefficient (Wildman–Crippen LogP) is 5.00. The van der Waals surface area contributed by atoms with E-state index in [4.69, 9.17) is 9.47 Å². The van der Waals surface area contributed by atoms with Crippen molar-refractivity contribution in [1.82, 2.24) is 0 Å². The number of benzene rings is 1. The van der Waals surface area contributed by atoms with Crippen LogP contribution in [-0.2, 0) is 14.3 Å². The number of rotatable bonds is 8. The minimum absolute atomic E-state index is 0.150. The number of esters is 1. The van der Waals surface area contributed by atoms with Crippen molar-refractivity contribution in [2.45, 2.75) is 65.2 Å². The standard InChI is InChI=1S/C24H31NO4/c1-4-6-15-29-24(27)21-16(3)25-18-11-9-12-19(26)23(18)22(21)17-10-7-8-13-20(17)28-14-5-2/h7-8,10,13,22-23H,4-6,9,11-12,14-15H2,1-3H3. The smallest absolute Gasteiger partial charge is 0.336 e. The fourth-order valence-electron chi connectivity index (χ4n) is 4.19. The lowest BCUT2D eigenvalue weighted by atomic mass is 9.69. The molecule has 1 aliphatic heterocycles. The third kappa shape index (κ3) is 4.60. The van der Waals surface area contributed by atoms with Gasteiger partial charge in [-0.3, -0.25) is 9.79 Å². The average Bonchev–Trinajstić information content (AvgIpc) is 2.71. The minimum atomic E-state index is -0.410. The summed E-state index contributed by atoms with van der Waals surface area (Å²) in [5.74, 6) is -0.306. The molecule has 0 bridgehead atoms. The first-order valence-electron chi connectivity index (χ1n) is 10.8. The van der Waals surface area contributed by atoms with Crippen LogP contribution in [0.15, 0.2) is 40.5 Å². The molecule has 1 aliphatic carbocycles. The molecule has 0 saturated heterocycles. The van der Waals surface area contributed by atoms with Crippen LogP contribution in [0.2, 0.25) is 0 Å². The Bertz CT molecular complexity index is 824. The van der Waals surface area contributed by atoms with E-state index in [2.05, 4.69) is 18.8 Å². The van der Waals surface area contributed by atoms with Crippen LogP contribution in [0, 0.1) is 5.92 Å². The molecule has 0 N–H and O–H groups in total. The van der Waals surface area contributed by atoms with Crippen molar-refractivity contribution in [3.05, 3.63) is 41.1 Å². The van der Waals surface area contributed by atoms with E-state index in [1.807, 2.05) is 31.2 Å². The van der Waals surface area contributed by atoms with Gasteiger partial charge in [0.1, 0.15) is 11.5 Å². The molecule has 0 aromatic heterocycles. The minimum Gasteiger partial charge on any atom is -0.493 e. The lowest BCUT2D eigenvalue weighted by Crippen LogP contribution is -2.39. The molecular formula is C24H31NO4. The molecule has 0 spiro atoms. The molecule has 3 rings (SSSR count). The Morgan fingerprint density at radius 3 is 2.66 bits per heavy atom. The second-order valence-electron chi connectivity index (χ2n) is 7.75. The van der Waals surface area contributed by atoms with Gasteiger partial charge in [0.15, 0.2) is 0 Å². The first kappa shape index (κ1) is 21.3. The molecule has 29 heavy (non-hydrogen) atoms. The fourth-order valence-corrected chi connectivity index (χ4v) is 4.19. The fraction of sp³-hybridized carbons (Fsp3) is 0.542. The van der Waals surface area contributed by atoms with Gasteiger partial charge in [0.25, 0.3) is 0 Å². The van der Waals surface area contributed by atoms with E-state index in [1.54, 1.807) is 0 Å². The highest BCUT2D eigenvalue weighted by Gasteiger charge is 2.44. The van der Waals surface area contributed by atoms with Gasteiger partial charge in [0.05, 0.1) is 24.7 Å². The van der Waals surface area contributed by atoms with E-state index in [0.29, 0.717) is 30.9 Å². The Hall–Kier alpha value is -2.43. The molecule has 2 aliphatic rings. The highest BCUT2D eigenvalue weighted by molar-refractivity contribution is 6.11. The monoisotopic (exact) mass is 397 g/mol. The Kier molecular flexibility index (Phi) is 7.24.